The topological polar surface area (TPSA) is 49.9 Å². The van der Waals surface area contributed by atoms with Gasteiger partial charge in [-0.1, -0.05) is 27.7 Å². The molecule has 0 N–H and O–H groups in total. The summed E-state index contributed by atoms with van der Waals surface area (Å²) in [5.41, 5.74) is 2.58. The van der Waals surface area contributed by atoms with Crippen LogP contribution in [0, 0.1) is 6.92 Å². The first-order valence-electron chi connectivity index (χ1n) is 9.95. The highest BCUT2D eigenvalue weighted by atomic mass is 16.5. The van der Waals surface area contributed by atoms with E-state index in [1.54, 1.807) is 7.11 Å². The summed E-state index contributed by atoms with van der Waals surface area (Å²) in [7, 11) is 1.67. The molecule has 1 fully saturated rings. The van der Waals surface area contributed by atoms with Crippen molar-refractivity contribution in [3.63, 3.8) is 0 Å². The molecule has 5 heteroatoms. The molecule has 0 aliphatic carbocycles. The Bertz CT molecular complexity index is 692. The van der Waals surface area contributed by atoms with Gasteiger partial charge >= 0.3 is 0 Å². The second-order valence-corrected chi connectivity index (χ2v) is 8.39. The van der Waals surface area contributed by atoms with Crippen molar-refractivity contribution in [1.29, 1.82) is 0 Å². The molecular weight excluding hydrogens is 340 g/mol. The molecular formula is C22H34N2O3. The molecule has 1 heterocycles. The summed E-state index contributed by atoms with van der Waals surface area (Å²) in [5.74, 6) is 1.07. The molecule has 1 aliphatic heterocycles. The van der Waals surface area contributed by atoms with Gasteiger partial charge in [-0.2, -0.15) is 0 Å². The fourth-order valence-electron chi connectivity index (χ4n) is 3.58. The quantitative estimate of drug-likeness (QED) is 0.806. The van der Waals surface area contributed by atoms with Crippen LogP contribution in [0.1, 0.15) is 68.4 Å². The molecule has 0 bridgehead atoms. The minimum absolute atomic E-state index is 0.0467. The summed E-state index contributed by atoms with van der Waals surface area (Å²) in [5, 5.41) is 0. The van der Waals surface area contributed by atoms with Crippen LogP contribution in [0.3, 0.4) is 0 Å². The number of hydrogen-bond acceptors (Lipinski definition) is 3. The smallest absolute Gasteiger partial charge is 0.254 e. The van der Waals surface area contributed by atoms with E-state index >= 15 is 0 Å². The molecule has 150 valence electrons. The highest BCUT2D eigenvalue weighted by Crippen LogP contribution is 2.34. The number of hydrogen-bond donors (Lipinski definition) is 0. The number of rotatable bonds is 4. The maximum Gasteiger partial charge on any atom is 0.254 e. The maximum absolute atomic E-state index is 13.2. The van der Waals surface area contributed by atoms with Gasteiger partial charge in [-0.25, -0.2) is 0 Å². The Morgan fingerprint density at radius 2 is 1.70 bits per heavy atom. The molecule has 0 spiro atoms. The fraction of sp³-hybridized carbons (Fsp3) is 0.636. The van der Waals surface area contributed by atoms with Crippen LogP contribution in [0.2, 0.25) is 0 Å². The lowest BCUT2D eigenvalue weighted by molar-refractivity contribution is -0.131. The van der Waals surface area contributed by atoms with Crippen molar-refractivity contribution >= 4 is 11.8 Å². The van der Waals surface area contributed by atoms with Crippen LogP contribution in [-0.4, -0.2) is 54.9 Å². The second kappa shape index (κ2) is 8.77. The van der Waals surface area contributed by atoms with Crippen molar-refractivity contribution in [2.45, 2.75) is 59.3 Å². The number of carbonyl (C=O) groups is 2. The standard InChI is InChI=1S/C22H34N2O3/c1-7-9-20(25)23-10-8-11-24(13-12-23)21(26)17-15-18(22(3,4)5)19(27-6)14-16(17)2/h14-15H,7-13H2,1-6H3. The molecule has 0 radical (unpaired) electrons. The molecule has 1 saturated heterocycles. The number of aryl methyl sites for hydroxylation is 1. The Kier molecular flexibility index (Phi) is 6.90. The lowest BCUT2D eigenvalue weighted by Gasteiger charge is -2.26. The molecule has 2 rings (SSSR count). The Hall–Kier alpha value is -2.04. The molecule has 27 heavy (non-hydrogen) atoms. The van der Waals surface area contributed by atoms with E-state index < -0.39 is 0 Å². The number of amides is 2. The number of ether oxygens (including phenoxy) is 1. The summed E-state index contributed by atoms with van der Waals surface area (Å²) in [4.78, 5) is 29.2. The predicted octanol–water partition coefficient (Wildman–Crippen LogP) is 3.78. The van der Waals surface area contributed by atoms with Gasteiger partial charge < -0.3 is 14.5 Å². The monoisotopic (exact) mass is 374 g/mol. The zero-order valence-electron chi connectivity index (χ0n) is 17.7. The van der Waals surface area contributed by atoms with Gasteiger partial charge in [0.2, 0.25) is 5.91 Å². The predicted molar refractivity (Wildman–Crippen MR) is 108 cm³/mol. The van der Waals surface area contributed by atoms with Gasteiger partial charge in [0.25, 0.3) is 5.91 Å². The fourth-order valence-corrected chi connectivity index (χ4v) is 3.58. The van der Waals surface area contributed by atoms with Crippen molar-refractivity contribution in [3.05, 3.63) is 28.8 Å². The number of benzene rings is 1. The van der Waals surface area contributed by atoms with Crippen molar-refractivity contribution in [2.24, 2.45) is 0 Å². The third-order valence-electron chi connectivity index (χ3n) is 5.18. The molecule has 0 aromatic heterocycles. The molecule has 5 nitrogen and oxygen atoms in total. The number of methoxy groups -OCH3 is 1. The van der Waals surface area contributed by atoms with E-state index in [4.69, 9.17) is 4.74 Å². The van der Waals surface area contributed by atoms with Gasteiger partial charge in [0.15, 0.2) is 0 Å². The molecule has 0 atom stereocenters. The van der Waals surface area contributed by atoms with Crippen LogP contribution < -0.4 is 4.74 Å². The van der Waals surface area contributed by atoms with Gasteiger partial charge in [-0.05, 0) is 42.9 Å². The summed E-state index contributed by atoms with van der Waals surface area (Å²) < 4.78 is 5.55. The number of nitrogens with zero attached hydrogens (tertiary/aromatic N) is 2. The largest absolute Gasteiger partial charge is 0.496 e. The average molecular weight is 375 g/mol. The molecule has 2 amide bonds. The number of carbonyl (C=O) groups excluding carboxylic acids is 2. The summed E-state index contributed by atoms with van der Waals surface area (Å²) >= 11 is 0. The minimum Gasteiger partial charge on any atom is -0.496 e. The second-order valence-electron chi connectivity index (χ2n) is 8.39. The van der Waals surface area contributed by atoms with Crippen LogP contribution in [0.25, 0.3) is 0 Å². The Morgan fingerprint density at radius 3 is 2.30 bits per heavy atom. The molecule has 0 unspecified atom stereocenters. The van der Waals surface area contributed by atoms with Crippen LogP contribution >= 0.6 is 0 Å². The minimum atomic E-state index is -0.115. The van der Waals surface area contributed by atoms with Crippen LogP contribution in [0.4, 0.5) is 0 Å². The molecule has 1 aromatic rings. The van der Waals surface area contributed by atoms with E-state index in [1.807, 2.05) is 35.8 Å². The lowest BCUT2D eigenvalue weighted by atomic mass is 9.84. The van der Waals surface area contributed by atoms with Crippen LogP contribution in [0.15, 0.2) is 12.1 Å². The first-order valence-corrected chi connectivity index (χ1v) is 9.95. The third-order valence-corrected chi connectivity index (χ3v) is 5.18. The van der Waals surface area contributed by atoms with Crippen LogP contribution in [-0.2, 0) is 10.2 Å². The Morgan fingerprint density at radius 1 is 1.07 bits per heavy atom. The van der Waals surface area contributed by atoms with Crippen molar-refractivity contribution in [3.8, 4) is 5.75 Å². The van der Waals surface area contributed by atoms with E-state index in [1.165, 1.54) is 0 Å². The summed E-state index contributed by atoms with van der Waals surface area (Å²) in [6, 6.07) is 3.95. The zero-order chi connectivity index (χ0) is 20.2. The third kappa shape index (κ3) is 5.02. The first kappa shape index (κ1) is 21.3. The summed E-state index contributed by atoms with van der Waals surface area (Å²) in [6.07, 6.45) is 2.27. The maximum atomic E-state index is 13.2. The zero-order valence-corrected chi connectivity index (χ0v) is 17.7. The van der Waals surface area contributed by atoms with E-state index in [-0.39, 0.29) is 17.2 Å². The SMILES string of the molecule is CCCC(=O)N1CCCN(C(=O)c2cc(C(C)(C)C)c(OC)cc2C)CC1. The van der Waals surface area contributed by atoms with E-state index in [9.17, 15) is 9.59 Å². The molecule has 0 saturated carbocycles. The van der Waals surface area contributed by atoms with Crippen molar-refractivity contribution < 1.29 is 14.3 Å². The van der Waals surface area contributed by atoms with Gasteiger partial charge in [-0.15, -0.1) is 0 Å². The van der Waals surface area contributed by atoms with Gasteiger partial charge in [0, 0.05) is 43.7 Å². The van der Waals surface area contributed by atoms with Crippen molar-refractivity contribution in [1.82, 2.24) is 9.80 Å². The molecule has 1 aliphatic rings. The van der Waals surface area contributed by atoms with Crippen LogP contribution in [0.5, 0.6) is 5.75 Å². The lowest BCUT2D eigenvalue weighted by Crippen LogP contribution is -2.37. The highest BCUT2D eigenvalue weighted by molar-refractivity contribution is 5.96. The van der Waals surface area contributed by atoms with Gasteiger partial charge in [-0.3, -0.25) is 9.59 Å². The first-order chi connectivity index (χ1) is 12.7. The van der Waals surface area contributed by atoms with E-state index in [2.05, 4.69) is 20.8 Å². The van der Waals surface area contributed by atoms with Gasteiger partial charge in [0.1, 0.15) is 5.75 Å². The molecule has 1 aromatic carbocycles. The Balaban J connectivity index is 2.23. The normalized spacial score (nSPS) is 15.5. The van der Waals surface area contributed by atoms with E-state index in [0.717, 1.165) is 41.8 Å². The summed E-state index contributed by atoms with van der Waals surface area (Å²) in [6.45, 7) is 13.0. The van der Waals surface area contributed by atoms with Crippen molar-refractivity contribution in [2.75, 3.05) is 33.3 Å². The van der Waals surface area contributed by atoms with Gasteiger partial charge in [0.05, 0.1) is 7.11 Å². The van der Waals surface area contributed by atoms with E-state index in [0.29, 0.717) is 26.1 Å². The Labute approximate surface area is 163 Å². The average Bonchev–Trinajstić information content (AvgIpc) is 2.86. The highest BCUT2D eigenvalue weighted by Gasteiger charge is 2.26.